The Hall–Kier alpha value is -2.98. The second-order valence-corrected chi connectivity index (χ2v) is 6.21. The fraction of sp³-hybridized carbons (Fsp3) is 0.158. The molecule has 0 bridgehead atoms. The maximum Gasteiger partial charge on any atom is 0.266 e. The molecule has 0 unspecified atom stereocenters. The van der Waals surface area contributed by atoms with Crippen LogP contribution in [0.2, 0.25) is 0 Å². The van der Waals surface area contributed by atoms with Crippen LogP contribution < -0.4 is 19.5 Å². The first-order valence-corrected chi connectivity index (χ1v) is 8.57. The van der Waals surface area contributed by atoms with Gasteiger partial charge in [-0.05, 0) is 51.8 Å². The first-order valence-electron chi connectivity index (χ1n) is 7.77. The van der Waals surface area contributed by atoms with Crippen molar-refractivity contribution in [3.8, 4) is 23.3 Å². The summed E-state index contributed by atoms with van der Waals surface area (Å²) in [6.07, 6.45) is 1.48. The second kappa shape index (κ2) is 7.93. The van der Waals surface area contributed by atoms with Crippen molar-refractivity contribution in [3.05, 3.63) is 52.0 Å². The van der Waals surface area contributed by atoms with Crippen LogP contribution in [0.15, 0.2) is 46.4 Å². The molecule has 7 heteroatoms. The molecular formula is C19H15BrN2O4. The normalized spacial score (nSPS) is 12.9. The number of methoxy groups -OCH3 is 1. The van der Waals surface area contributed by atoms with Gasteiger partial charge >= 0.3 is 0 Å². The van der Waals surface area contributed by atoms with E-state index >= 15 is 0 Å². The average Bonchev–Trinajstić information content (AvgIpc) is 2.67. The topological polar surface area (TPSA) is 80.6 Å². The number of fused-ring (bicyclic) bond motifs is 1. The number of nitrogens with zero attached hydrogens (tertiary/aromatic N) is 1. The van der Waals surface area contributed by atoms with E-state index in [9.17, 15) is 10.1 Å². The lowest BCUT2D eigenvalue weighted by molar-refractivity contribution is -0.112. The van der Waals surface area contributed by atoms with Gasteiger partial charge in [0.2, 0.25) is 5.75 Å². The fourth-order valence-electron chi connectivity index (χ4n) is 2.44. The Morgan fingerprint density at radius 1 is 1.31 bits per heavy atom. The highest BCUT2D eigenvalue weighted by Crippen LogP contribution is 2.40. The van der Waals surface area contributed by atoms with Gasteiger partial charge < -0.3 is 19.5 Å². The summed E-state index contributed by atoms with van der Waals surface area (Å²) in [5.41, 5.74) is 1.14. The minimum absolute atomic E-state index is 0.0421. The fourth-order valence-corrected chi connectivity index (χ4v) is 2.83. The molecule has 0 atom stereocenters. The summed E-state index contributed by atoms with van der Waals surface area (Å²) in [7, 11) is 1.52. The van der Waals surface area contributed by atoms with Gasteiger partial charge in [-0.1, -0.05) is 12.1 Å². The molecule has 1 aliphatic rings. The summed E-state index contributed by atoms with van der Waals surface area (Å²) in [5, 5.41) is 12.1. The number of nitrogens with one attached hydrogen (secondary N) is 1. The van der Waals surface area contributed by atoms with Crippen LogP contribution in [-0.2, 0) is 4.79 Å². The van der Waals surface area contributed by atoms with Crippen LogP contribution in [-0.4, -0.2) is 26.2 Å². The van der Waals surface area contributed by atoms with Gasteiger partial charge in [0.25, 0.3) is 5.91 Å². The number of amides is 1. The molecule has 0 radical (unpaired) electrons. The summed E-state index contributed by atoms with van der Waals surface area (Å²) >= 11 is 3.36. The number of anilines is 1. The SMILES string of the molecule is COc1cc(/C=C(\C#N)C(=O)Nc2ccccc2Br)cc2c1OCCO2. The lowest BCUT2D eigenvalue weighted by Crippen LogP contribution is -2.16. The van der Waals surface area contributed by atoms with Crippen LogP contribution >= 0.6 is 15.9 Å². The van der Waals surface area contributed by atoms with Gasteiger partial charge in [-0.15, -0.1) is 0 Å². The molecule has 3 rings (SSSR count). The van der Waals surface area contributed by atoms with Crippen molar-refractivity contribution in [1.82, 2.24) is 0 Å². The summed E-state index contributed by atoms with van der Waals surface area (Å²) in [5.74, 6) is 1.02. The molecule has 1 heterocycles. The zero-order valence-electron chi connectivity index (χ0n) is 13.9. The van der Waals surface area contributed by atoms with Crippen molar-refractivity contribution in [2.24, 2.45) is 0 Å². The molecule has 132 valence electrons. The zero-order valence-corrected chi connectivity index (χ0v) is 15.5. The van der Waals surface area contributed by atoms with Gasteiger partial charge in [0.1, 0.15) is 24.9 Å². The minimum Gasteiger partial charge on any atom is -0.493 e. The van der Waals surface area contributed by atoms with Crippen molar-refractivity contribution in [3.63, 3.8) is 0 Å². The number of ether oxygens (including phenoxy) is 3. The molecule has 1 amide bonds. The third-order valence-electron chi connectivity index (χ3n) is 3.65. The van der Waals surface area contributed by atoms with Gasteiger partial charge in [-0.3, -0.25) is 4.79 Å². The quantitative estimate of drug-likeness (QED) is 0.608. The molecule has 0 saturated heterocycles. The van der Waals surface area contributed by atoms with Crippen LogP contribution in [0.3, 0.4) is 0 Å². The molecule has 2 aromatic carbocycles. The molecule has 2 aromatic rings. The number of hydrogen-bond acceptors (Lipinski definition) is 5. The van der Waals surface area contributed by atoms with E-state index in [-0.39, 0.29) is 5.57 Å². The molecule has 1 N–H and O–H groups in total. The number of hydrogen-bond donors (Lipinski definition) is 1. The standard InChI is InChI=1S/C19H15BrN2O4/c1-24-16-9-12(10-17-18(16)26-7-6-25-17)8-13(11-21)19(23)22-15-5-3-2-4-14(15)20/h2-5,8-10H,6-7H2,1H3,(H,22,23)/b13-8+. The number of carbonyl (C=O) groups excluding carboxylic acids is 1. The Bertz CT molecular complexity index is 901. The lowest BCUT2D eigenvalue weighted by Gasteiger charge is -2.21. The summed E-state index contributed by atoms with van der Waals surface area (Å²) < 4.78 is 17.2. The van der Waals surface area contributed by atoms with E-state index in [4.69, 9.17) is 14.2 Å². The molecule has 26 heavy (non-hydrogen) atoms. The summed E-state index contributed by atoms with van der Waals surface area (Å²) in [6, 6.07) is 12.5. The third-order valence-corrected chi connectivity index (χ3v) is 4.34. The first-order chi connectivity index (χ1) is 12.6. The maximum atomic E-state index is 12.4. The van der Waals surface area contributed by atoms with E-state index in [0.29, 0.717) is 41.7 Å². The highest BCUT2D eigenvalue weighted by atomic mass is 79.9. The lowest BCUT2D eigenvalue weighted by atomic mass is 10.1. The highest BCUT2D eigenvalue weighted by molar-refractivity contribution is 9.10. The third kappa shape index (κ3) is 3.81. The van der Waals surface area contributed by atoms with E-state index in [1.807, 2.05) is 12.1 Å². The van der Waals surface area contributed by atoms with Gasteiger partial charge in [-0.2, -0.15) is 5.26 Å². The number of carbonyl (C=O) groups is 1. The molecule has 0 aromatic heterocycles. The van der Waals surface area contributed by atoms with Gasteiger partial charge in [0.15, 0.2) is 11.5 Å². The Morgan fingerprint density at radius 2 is 2.08 bits per heavy atom. The van der Waals surface area contributed by atoms with Crippen molar-refractivity contribution in [2.45, 2.75) is 0 Å². The molecular weight excluding hydrogens is 400 g/mol. The van der Waals surface area contributed by atoms with Gasteiger partial charge in [-0.25, -0.2) is 0 Å². The largest absolute Gasteiger partial charge is 0.493 e. The van der Waals surface area contributed by atoms with Crippen molar-refractivity contribution in [2.75, 3.05) is 25.6 Å². The Balaban J connectivity index is 1.90. The number of nitriles is 1. The van der Waals surface area contributed by atoms with E-state index in [1.165, 1.54) is 13.2 Å². The molecule has 0 aliphatic carbocycles. The van der Waals surface area contributed by atoms with E-state index in [0.717, 1.165) is 4.47 Å². The molecule has 0 saturated carbocycles. The van der Waals surface area contributed by atoms with Gasteiger partial charge in [0, 0.05) is 4.47 Å². The van der Waals surface area contributed by atoms with E-state index in [2.05, 4.69) is 21.2 Å². The number of para-hydroxylation sites is 1. The van der Waals surface area contributed by atoms with Crippen LogP contribution in [0, 0.1) is 11.3 Å². The smallest absolute Gasteiger partial charge is 0.266 e. The highest BCUT2D eigenvalue weighted by Gasteiger charge is 2.19. The summed E-state index contributed by atoms with van der Waals surface area (Å²) in [4.78, 5) is 12.4. The number of halogens is 1. The average molecular weight is 415 g/mol. The van der Waals surface area contributed by atoms with Gasteiger partial charge in [0.05, 0.1) is 12.8 Å². The van der Waals surface area contributed by atoms with Crippen LogP contribution in [0.25, 0.3) is 6.08 Å². The predicted molar refractivity (Wildman–Crippen MR) is 100 cm³/mol. The van der Waals surface area contributed by atoms with Crippen LogP contribution in [0.1, 0.15) is 5.56 Å². The maximum absolute atomic E-state index is 12.4. The second-order valence-electron chi connectivity index (χ2n) is 5.35. The Kier molecular flexibility index (Phi) is 5.44. The van der Waals surface area contributed by atoms with E-state index < -0.39 is 5.91 Å². The monoisotopic (exact) mass is 414 g/mol. The first kappa shape index (κ1) is 17.8. The number of benzene rings is 2. The molecule has 1 aliphatic heterocycles. The Labute approximate surface area is 159 Å². The molecule has 0 spiro atoms. The van der Waals surface area contributed by atoms with E-state index in [1.54, 1.807) is 30.3 Å². The summed E-state index contributed by atoms with van der Waals surface area (Å²) in [6.45, 7) is 0.868. The van der Waals surface area contributed by atoms with Crippen molar-refractivity contribution in [1.29, 1.82) is 5.26 Å². The Morgan fingerprint density at radius 3 is 2.81 bits per heavy atom. The zero-order chi connectivity index (χ0) is 18.5. The number of rotatable bonds is 4. The van der Waals surface area contributed by atoms with Crippen molar-refractivity contribution >= 4 is 33.6 Å². The van der Waals surface area contributed by atoms with Crippen molar-refractivity contribution < 1.29 is 19.0 Å². The van der Waals surface area contributed by atoms with Crippen LogP contribution in [0.5, 0.6) is 17.2 Å². The molecule has 6 nitrogen and oxygen atoms in total. The van der Waals surface area contributed by atoms with Crippen LogP contribution in [0.4, 0.5) is 5.69 Å². The minimum atomic E-state index is -0.506. The molecule has 0 fully saturated rings. The predicted octanol–water partition coefficient (Wildman–Crippen LogP) is 3.77.